The maximum atomic E-state index is 13.1. The lowest BCUT2D eigenvalue weighted by atomic mass is 10.0. The number of aryl methyl sites for hydroxylation is 1. The molecule has 1 aliphatic heterocycles. The van der Waals surface area contributed by atoms with Gasteiger partial charge in [-0.15, -0.1) is 11.3 Å². The SMILES string of the molecule is Cc1cnc(-c2cc(OCC3(C)CCCO3)cc(C(=O)N[C@@H](C)c3cnc(C(F)(F)F)nc3)c2)s1. The zero-order chi connectivity index (χ0) is 25.2. The zero-order valence-electron chi connectivity index (χ0n) is 19.5. The average molecular weight is 507 g/mol. The molecule has 0 aliphatic carbocycles. The summed E-state index contributed by atoms with van der Waals surface area (Å²) in [6.45, 7) is 6.62. The second-order valence-corrected chi connectivity index (χ2v) is 9.98. The van der Waals surface area contributed by atoms with Crippen molar-refractivity contribution in [1.29, 1.82) is 0 Å². The molecule has 0 bridgehead atoms. The number of nitrogens with one attached hydrogen (secondary N) is 1. The summed E-state index contributed by atoms with van der Waals surface area (Å²) in [5.41, 5.74) is 1.03. The minimum absolute atomic E-state index is 0.336. The molecule has 1 aromatic carbocycles. The molecule has 35 heavy (non-hydrogen) atoms. The molecule has 1 saturated heterocycles. The van der Waals surface area contributed by atoms with Gasteiger partial charge >= 0.3 is 6.18 Å². The Bertz CT molecular complexity index is 1190. The Hall–Kier alpha value is -3.05. The number of alkyl halides is 3. The van der Waals surface area contributed by atoms with Gasteiger partial charge in [-0.25, -0.2) is 15.0 Å². The molecular formula is C24H25F3N4O3S. The van der Waals surface area contributed by atoms with E-state index in [4.69, 9.17) is 9.47 Å². The van der Waals surface area contributed by atoms with Crippen LogP contribution in [0.15, 0.2) is 36.8 Å². The maximum Gasteiger partial charge on any atom is 0.451 e. The van der Waals surface area contributed by atoms with Gasteiger partial charge in [0, 0.05) is 46.8 Å². The fourth-order valence-corrected chi connectivity index (χ4v) is 4.43. The van der Waals surface area contributed by atoms with Crippen molar-refractivity contribution in [2.24, 2.45) is 0 Å². The Kier molecular flexibility index (Phi) is 7.09. The monoisotopic (exact) mass is 506 g/mol. The van der Waals surface area contributed by atoms with Crippen LogP contribution < -0.4 is 10.1 Å². The predicted molar refractivity (Wildman–Crippen MR) is 124 cm³/mol. The summed E-state index contributed by atoms with van der Waals surface area (Å²) in [6.07, 6.45) is 1.11. The third kappa shape index (κ3) is 6.15. The lowest BCUT2D eigenvalue weighted by Gasteiger charge is -2.23. The van der Waals surface area contributed by atoms with Crippen LogP contribution in [0.25, 0.3) is 10.6 Å². The average Bonchev–Trinajstić information content (AvgIpc) is 3.46. The first-order valence-corrected chi connectivity index (χ1v) is 11.9. The quantitative estimate of drug-likeness (QED) is 0.464. The molecule has 7 nitrogen and oxygen atoms in total. The lowest BCUT2D eigenvalue weighted by molar-refractivity contribution is -0.145. The Morgan fingerprint density at radius 2 is 1.97 bits per heavy atom. The van der Waals surface area contributed by atoms with E-state index < -0.39 is 23.9 Å². The molecule has 1 aliphatic rings. The highest BCUT2D eigenvalue weighted by Gasteiger charge is 2.34. The fourth-order valence-electron chi connectivity index (χ4n) is 3.68. The van der Waals surface area contributed by atoms with E-state index >= 15 is 0 Å². The van der Waals surface area contributed by atoms with Crippen LogP contribution >= 0.6 is 11.3 Å². The van der Waals surface area contributed by atoms with Crippen molar-refractivity contribution in [3.63, 3.8) is 0 Å². The molecule has 0 saturated carbocycles. The van der Waals surface area contributed by atoms with Crippen LogP contribution in [-0.4, -0.2) is 39.7 Å². The van der Waals surface area contributed by atoms with Gasteiger partial charge in [0.15, 0.2) is 0 Å². The first-order chi connectivity index (χ1) is 16.5. The van der Waals surface area contributed by atoms with Gasteiger partial charge in [0.1, 0.15) is 17.4 Å². The van der Waals surface area contributed by atoms with Gasteiger partial charge in [0.2, 0.25) is 5.82 Å². The standard InChI is InChI=1S/C24H25F3N4O3S/c1-14-10-28-21(35-14)17-7-16(8-19(9-17)33-13-23(3)5-4-6-34-23)20(32)31-15(2)18-11-29-22(30-12-18)24(25,26)27/h7-12,15H,4-6,13H2,1-3H3,(H,31,32)/t15-,23?/m0/s1. The molecular weight excluding hydrogens is 481 g/mol. The number of aromatic nitrogens is 3. The van der Waals surface area contributed by atoms with Crippen molar-refractivity contribution in [1.82, 2.24) is 20.3 Å². The van der Waals surface area contributed by atoms with Crippen LogP contribution in [0, 0.1) is 6.92 Å². The third-order valence-electron chi connectivity index (χ3n) is 5.65. The highest BCUT2D eigenvalue weighted by atomic mass is 32.1. The van der Waals surface area contributed by atoms with E-state index in [-0.39, 0.29) is 5.60 Å². The minimum atomic E-state index is -4.63. The molecule has 1 amide bonds. The maximum absolute atomic E-state index is 13.1. The van der Waals surface area contributed by atoms with E-state index in [1.165, 1.54) is 11.3 Å². The number of nitrogens with zero attached hydrogens (tertiary/aromatic N) is 3. The number of carbonyl (C=O) groups excluding carboxylic acids is 1. The van der Waals surface area contributed by atoms with E-state index in [1.54, 1.807) is 25.3 Å². The summed E-state index contributed by atoms with van der Waals surface area (Å²) in [6, 6.07) is 4.56. The summed E-state index contributed by atoms with van der Waals surface area (Å²) in [5.74, 6) is -1.14. The van der Waals surface area contributed by atoms with E-state index in [2.05, 4.69) is 20.3 Å². The number of benzene rings is 1. The molecule has 3 aromatic rings. The van der Waals surface area contributed by atoms with E-state index in [0.29, 0.717) is 30.1 Å². The van der Waals surface area contributed by atoms with Crippen LogP contribution in [0.5, 0.6) is 5.75 Å². The molecule has 11 heteroatoms. The van der Waals surface area contributed by atoms with Crippen LogP contribution in [0.1, 0.15) is 59.4 Å². The molecule has 0 radical (unpaired) electrons. The molecule has 4 rings (SSSR count). The molecule has 3 heterocycles. The van der Waals surface area contributed by atoms with Crippen molar-refractivity contribution >= 4 is 17.2 Å². The Morgan fingerprint density at radius 3 is 2.57 bits per heavy atom. The van der Waals surface area contributed by atoms with Gasteiger partial charge < -0.3 is 14.8 Å². The van der Waals surface area contributed by atoms with E-state index in [9.17, 15) is 18.0 Å². The number of hydrogen-bond acceptors (Lipinski definition) is 7. The number of amides is 1. The third-order valence-corrected chi connectivity index (χ3v) is 6.62. The molecule has 0 spiro atoms. The molecule has 1 N–H and O–H groups in total. The van der Waals surface area contributed by atoms with E-state index in [1.807, 2.05) is 19.9 Å². The summed E-state index contributed by atoms with van der Waals surface area (Å²) < 4.78 is 50.0. The smallest absolute Gasteiger partial charge is 0.451 e. The predicted octanol–water partition coefficient (Wildman–Crippen LogP) is 5.37. The molecule has 186 valence electrons. The first-order valence-electron chi connectivity index (χ1n) is 11.1. The Morgan fingerprint density at radius 1 is 1.23 bits per heavy atom. The van der Waals surface area contributed by atoms with Crippen LogP contribution in [0.3, 0.4) is 0 Å². The summed E-state index contributed by atoms with van der Waals surface area (Å²) in [4.78, 5) is 25.3. The summed E-state index contributed by atoms with van der Waals surface area (Å²) in [5, 5.41) is 3.53. The number of carbonyl (C=O) groups is 1. The van der Waals surface area contributed by atoms with Crippen molar-refractivity contribution in [2.75, 3.05) is 13.2 Å². The number of thiazole rings is 1. The topological polar surface area (TPSA) is 86.2 Å². The first kappa shape index (κ1) is 25.1. The van der Waals surface area contributed by atoms with Crippen molar-refractivity contribution in [3.8, 4) is 16.3 Å². The largest absolute Gasteiger partial charge is 0.491 e. The van der Waals surface area contributed by atoms with Gasteiger partial charge in [-0.2, -0.15) is 13.2 Å². The number of hydrogen-bond donors (Lipinski definition) is 1. The molecule has 1 fully saturated rings. The van der Waals surface area contributed by atoms with Crippen LogP contribution in [0.4, 0.5) is 13.2 Å². The van der Waals surface area contributed by atoms with Crippen molar-refractivity contribution in [3.05, 3.63) is 58.6 Å². The lowest BCUT2D eigenvalue weighted by Crippen LogP contribution is -2.31. The second-order valence-electron chi connectivity index (χ2n) is 8.75. The van der Waals surface area contributed by atoms with Crippen LogP contribution in [-0.2, 0) is 10.9 Å². The normalized spacial score (nSPS) is 18.9. The fraction of sp³-hybridized carbons (Fsp3) is 0.417. The zero-order valence-corrected chi connectivity index (χ0v) is 20.3. The minimum Gasteiger partial charge on any atom is -0.491 e. The summed E-state index contributed by atoms with van der Waals surface area (Å²) in [7, 11) is 0. The van der Waals surface area contributed by atoms with Crippen LogP contribution in [0.2, 0.25) is 0 Å². The van der Waals surface area contributed by atoms with Gasteiger partial charge in [0.25, 0.3) is 5.91 Å². The van der Waals surface area contributed by atoms with Gasteiger partial charge in [0.05, 0.1) is 11.6 Å². The van der Waals surface area contributed by atoms with Gasteiger partial charge in [-0.1, -0.05) is 0 Å². The number of halogens is 3. The number of ether oxygens (including phenoxy) is 2. The van der Waals surface area contributed by atoms with Crippen molar-refractivity contribution < 1.29 is 27.4 Å². The number of rotatable bonds is 7. The van der Waals surface area contributed by atoms with Gasteiger partial charge in [-0.3, -0.25) is 4.79 Å². The van der Waals surface area contributed by atoms with Crippen molar-refractivity contribution in [2.45, 2.75) is 51.4 Å². The Balaban J connectivity index is 1.55. The molecule has 2 aromatic heterocycles. The highest BCUT2D eigenvalue weighted by Crippen LogP contribution is 2.32. The Labute approximate surface area is 204 Å². The second kappa shape index (κ2) is 9.90. The summed E-state index contributed by atoms with van der Waals surface area (Å²) >= 11 is 1.50. The van der Waals surface area contributed by atoms with E-state index in [0.717, 1.165) is 40.7 Å². The molecule has 2 atom stereocenters. The molecule has 1 unspecified atom stereocenters. The van der Waals surface area contributed by atoms with Gasteiger partial charge in [-0.05, 0) is 51.8 Å². The highest BCUT2D eigenvalue weighted by molar-refractivity contribution is 7.14.